The van der Waals surface area contributed by atoms with Gasteiger partial charge in [0, 0.05) is 24.7 Å². The highest BCUT2D eigenvalue weighted by molar-refractivity contribution is 6.43. The van der Waals surface area contributed by atoms with Crippen molar-refractivity contribution < 1.29 is 9.59 Å². The molecular weight excluding hydrogens is 376 g/mol. The first-order valence-corrected chi connectivity index (χ1v) is 9.76. The van der Waals surface area contributed by atoms with Gasteiger partial charge in [0.15, 0.2) is 0 Å². The summed E-state index contributed by atoms with van der Waals surface area (Å²) in [5.74, 6) is -0.417. The monoisotopic (exact) mass is 398 g/mol. The van der Waals surface area contributed by atoms with E-state index in [9.17, 15) is 9.59 Å². The number of anilines is 2. The summed E-state index contributed by atoms with van der Waals surface area (Å²) in [7, 11) is 1.58. The first kappa shape index (κ1) is 19.4. The molecule has 3 aromatic rings. The number of carbonyl (C=O) groups excluding carboxylic acids is 2. The minimum absolute atomic E-state index is 0.0509. The molecular formula is C24H22N4O2. The van der Waals surface area contributed by atoms with Crippen LogP contribution >= 0.6 is 0 Å². The Kier molecular flexibility index (Phi) is 5.57. The molecule has 6 heteroatoms. The number of para-hydroxylation sites is 1. The minimum atomic E-state index is -0.248. The van der Waals surface area contributed by atoms with E-state index in [1.807, 2.05) is 53.5 Å². The molecule has 0 radical (unpaired) electrons. The zero-order valence-electron chi connectivity index (χ0n) is 16.6. The third-order valence-electron chi connectivity index (χ3n) is 5.01. The Morgan fingerprint density at radius 3 is 2.13 bits per heavy atom. The third-order valence-corrected chi connectivity index (χ3v) is 5.01. The first-order valence-electron chi connectivity index (χ1n) is 9.76. The summed E-state index contributed by atoms with van der Waals surface area (Å²) >= 11 is 0. The normalized spacial score (nSPS) is 15.4. The molecule has 1 unspecified atom stereocenters. The molecule has 1 aliphatic heterocycles. The van der Waals surface area contributed by atoms with Crippen LogP contribution in [0.4, 0.5) is 11.4 Å². The van der Waals surface area contributed by atoms with Crippen LogP contribution in [0.5, 0.6) is 0 Å². The highest BCUT2D eigenvalue weighted by Crippen LogP contribution is 2.35. The molecule has 0 aliphatic carbocycles. The van der Waals surface area contributed by atoms with Gasteiger partial charge in [-0.1, -0.05) is 48.5 Å². The van der Waals surface area contributed by atoms with Gasteiger partial charge < -0.3 is 10.6 Å². The predicted octanol–water partition coefficient (Wildman–Crippen LogP) is 3.99. The third kappa shape index (κ3) is 4.07. The summed E-state index contributed by atoms with van der Waals surface area (Å²) < 4.78 is 0. The number of rotatable bonds is 5. The summed E-state index contributed by atoms with van der Waals surface area (Å²) in [6.45, 7) is 0. The minimum Gasteiger partial charge on any atom is -0.355 e. The van der Waals surface area contributed by atoms with Crippen molar-refractivity contribution in [3.8, 4) is 0 Å². The molecule has 4 rings (SSSR count). The second kappa shape index (κ2) is 8.61. The standard InChI is InChI=1S/C24H22N4O2/c1-25-23(29)18-12-14-19(15-13-18)26-24(30)21-16-22(17-8-4-2-5-9-17)28(27-21)20-10-6-3-7-11-20/h2-15,22H,16H2,1H3,(H,25,29)(H,26,30). The number of hydrazone groups is 1. The van der Waals surface area contributed by atoms with Crippen LogP contribution in [0.15, 0.2) is 90.0 Å². The van der Waals surface area contributed by atoms with Crippen molar-refractivity contribution in [2.75, 3.05) is 17.4 Å². The van der Waals surface area contributed by atoms with Gasteiger partial charge in [0.1, 0.15) is 5.71 Å². The van der Waals surface area contributed by atoms with Gasteiger partial charge in [-0.25, -0.2) is 0 Å². The van der Waals surface area contributed by atoms with E-state index in [0.29, 0.717) is 23.4 Å². The van der Waals surface area contributed by atoms with E-state index in [1.165, 1.54) is 0 Å². The Balaban J connectivity index is 1.56. The van der Waals surface area contributed by atoms with Crippen molar-refractivity contribution in [1.82, 2.24) is 5.32 Å². The van der Waals surface area contributed by atoms with E-state index in [4.69, 9.17) is 0 Å². The lowest BCUT2D eigenvalue weighted by atomic mass is 10.0. The van der Waals surface area contributed by atoms with Gasteiger partial charge in [0.2, 0.25) is 0 Å². The van der Waals surface area contributed by atoms with Gasteiger partial charge in [-0.2, -0.15) is 5.10 Å². The maximum absolute atomic E-state index is 12.9. The lowest BCUT2D eigenvalue weighted by molar-refractivity contribution is -0.110. The maximum atomic E-state index is 12.9. The molecule has 0 fully saturated rings. The molecule has 0 aromatic heterocycles. The van der Waals surface area contributed by atoms with Gasteiger partial charge in [-0.3, -0.25) is 14.6 Å². The number of nitrogens with zero attached hydrogens (tertiary/aromatic N) is 2. The Bertz CT molecular complexity index is 1060. The Morgan fingerprint density at radius 1 is 0.867 bits per heavy atom. The molecule has 0 bridgehead atoms. The number of hydrogen-bond donors (Lipinski definition) is 2. The Morgan fingerprint density at radius 2 is 1.50 bits per heavy atom. The molecule has 3 aromatic carbocycles. The summed E-state index contributed by atoms with van der Waals surface area (Å²) in [5, 5.41) is 12.0. The highest BCUT2D eigenvalue weighted by Gasteiger charge is 2.32. The second-order valence-electron chi connectivity index (χ2n) is 6.97. The van der Waals surface area contributed by atoms with Gasteiger partial charge >= 0.3 is 0 Å². The van der Waals surface area contributed by atoms with Gasteiger partial charge in [0.25, 0.3) is 11.8 Å². The van der Waals surface area contributed by atoms with Gasteiger partial charge in [0.05, 0.1) is 11.7 Å². The summed E-state index contributed by atoms with van der Waals surface area (Å²) in [5.41, 5.74) is 3.65. The molecule has 0 spiro atoms. The molecule has 2 amide bonds. The lowest BCUT2D eigenvalue weighted by Crippen LogP contribution is -2.22. The van der Waals surface area contributed by atoms with E-state index in [-0.39, 0.29) is 17.9 Å². The van der Waals surface area contributed by atoms with Gasteiger partial charge in [-0.05, 0) is 42.0 Å². The maximum Gasteiger partial charge on any atom is 0.271 e. The molecule has 2 N–H and O–H groups in total. The summed E-state index contributed by atoms with van der Waals surface area (Å²) in [6.07, 6.45) is 0.501. The zero-order chi connectivity index (χ0) is 20.9. The molecule has 30 heavy (non-hydrogen) atoms. The van der Waals surface area contributed by atoms with E-state index in [2.05, 4.69) is 27.9 Å². The fraction of sp³-hybridized carbons (Fsp3) is 0.125. The van der Waals surface area contributed by atoms with Crippen LogP contribution in [0.2, 0.25) is 0 Å². The molecule has 6 nitrogen and oxygen atoms in total. The number of carbonyl (C=O) groups is 2. The largest absolute Gasteiger partial charge is 0.355 e. The Hall–Kier alpha value is -3.93. The van der Waals surface area contributed by atoms with Crippen molar-refractivity contribution in [2.45, 2.75) is 12.5 Å². The summed E-state index contributed by atoms with van der Waals surface area (Å²) in [6, 6.07) is 26.6. The number of hydrogen-bond acceptors (Lipinski definition) is 4. The fourth-order valence-corrected chi connectivity index (χ4v) is 3.45. The number of benzene rings is 3. The van der Waals surface area contributed by atoms with Crippen molar-refractivity contribution in [2.24, 2.45) is 5.10 Å². The van der Waals surface area contributed by atoms with Gasteiger partial charge in [-0.15, -0.1) is 0 Å². The van der Waals surface area contributed by atoms with Crippen LogP contribution in [0.1, 0.15) is 28.4 Å². The highest BCUT2D eigenvalue weighted by atomic mass is 16.2. The lowest BCUT2D eigenvalue weighted by Gasteiger charge is -2.23. The molecule has 0 saturated heterocycles. The van der Waals surface area contributed by atoms with Crippen LogP contribution in [-0.2, 0) is 4.79 Å². The fourth-order valence-electron chi connectivity index (χ4n) is 3.45. The Labute approximate surface area is 175 Å². The molecule has 1 aliphatic rings. The van der Waals surface area contributed by atoms with Crippen LogP contribution in [0, 0.1) is 0 Å². The van der Waals surface area contributed by atoms with Crippen molar-refractivity contribution in [3.05, 3.63) is 96.1 Å². The van der Waals surface area contributed by atoms with E-state index in [1.54, 1.807) is 31.3 Å². The van der Waals surface area contributed by atoms with Crippen LogP contribution in [-0.4, -0.2) is 24.6 Å². The van der Waals surface area contributed by atoms with E-state index in [0.717, 1.165) is 11.3 Å². The molecule has 150 valence electrons. The quantitative estimate of drug-likeness (QED) is 0.682. The van der Waals surface area contributed by atoms with E-state index >= 15 is 0 Å². The number of amides is 2. The topological polar surface area (TPSA) is 73.8 Å². The van der Waals surface area contributed by atoms with Crippen LogP contribution in [0.25, 0.3) is 0 Å². The predicted molar refractivity (Wildman–Crippen MR) is 119 cm³/mol. The molecule has 0 saturated carbocycles. The molecule has 1 atom stereocenters. The average Bonchev–Trinajstić information content (AvgIpc) is 3.26. The van der Waals surface area contributed by atoms with Crippen LogP contribution < -0.4 is 15.6 Å². The summed E-state index contributed by atoms with van der Waals surface area (Å²) in [4.78, 5) is 24.6. The average molecular weight is 398 g/mol. The smallest absolute Gasteiger partial charge is 0.271 e. The zero-order valence-corrected chi connectivity index (χ0v) is 16.6. The second-order valence-corrected chi connectivity index (χ2v) is 6.97. The SMILES string of the molecule is CNC(=O)c1ccc(NC(=O)C2=NN(c3ccccc3)C(c3ccccc3)C2)cc1. The van der Waals surface area contributed by atoms with Crippen molar-refractivity contribution in [1.29, 1.82) is 0 Å². The van der Waals surface area contributed by atoms with E-state index < -0.39 is 0 Å². The van der Waals surface area contributed by atoms with Crippen LogP contribution in [0.3, 0.4) is 0 Å². The number of nitrogens with one attached hydrogen (secondary N) is 2. The molecule has 1 heterocycles. The van der Waals surface area contributed by atoms with Crippen molar-refractivity contribution >= 4 is 28.9 Å². The first-order chi connectivity index (χ1) is 14.7. The van der Waals surface area contributed by atoms with Crippen molar-refractivity contribution in [3.63, 3.8) is 0 Å².